The highest BCUT2D eigenvalue weighted by Crippen LogP contribution is 2.20. The van der Waals surface area contributed by atoms with Crippen LogP contribution < -0.4 is 4.18 Å². The van der Waals surface area contributed by atoms with Crippen LogP contribution in [0.25, 0.3) is 0 Å². The predicted molar refractivity (Wildman–Crippen MR) is 39.7 cm³/mol. The molecule has 1 heterocycles. The molecule has 0 fully saturated rings. The first kappa shape index (κ1) is 7.84. The Kier molecular flexibility index (Phi) is 2.18. The number of thiophene rings is 1. The van der Waals surface area contributed by atoms with Gasteiger partial charge in [-0.2, -0.15) is 8.42 Å². The van der Waals surface area contributed by atoms with Crippen molar-refractivity contribution in [3.05, 3.63) is 17.5 Å². The van der Waals surface area contributed by atoms with Crippen molar-refractivity contribution in [3.63, 3.8) is 0 Å². The SMILES string of the molecule is O=S(=O)(Cl)Oc1cccs1. The quantitative estimate of drug-likeness (QED) is 0.679. The van der Waals surface area contributed by atoms with Crippen molar-refractivity contribution in [1.82, 2.24) is 0 Å². The fourth-order valence-electron chi connectivity index (χ4n) is 0.409. The Morgan fingerprint density at radius 3 is 2.70 bits per heavy atom. The molecular formula is C4H3ClO3S2. The zero-order chi connectivity index (χ0) is 7.61. The summed E-state index contributed by atoms with van der Waals surface area (Å²) in [5.41, 5.74) is 0. The second-order valence-electron chi connectivity index (χ2n) is 1.41. The van der Waals surface area contributed by atoms with E-state index in [0.717, 1.165) is 11.3 Å². The summed E-state index contributed by atoms with van der Waals surface area (Å²) in [4.78, 5) is 0. The molecule has 0 spiro atoms. The van der Waals surface area contributed by atoms with Gasteiger partial charge in [0.25, 0.3) is 0 Å². The van der Waals surface area contributed by atoms with Gasteiger partial charge in [-0.05, 0) is 17.5 Å². The minimum absolute atomic E-state index is 0.273. The van der Waals surface area contributed by atoms with Gasteiger partial charge in [0.1, 0.15) is 0 Å². The summed E-state index contributed by atoms with van der Waals surface area (Å²) in [7, 11) is 0.917. The summed E-state index contributed by atoms with van der Waals surface area (Å²) >= 11 is 1.16. The van der Waals surface area contributed by atoms with E-state index in [2.05, 4.69) is 4.18 Å². The van der Waals surface area contributed by atoms with Crippen LogP contribution in [0.3, 0.4) is 0 Å². The van der Waals surface area contributed by atoms with Gasteiger partial charge in [-0.15, -0.1) is 11.3 Å². The summed E-state index contributed by atoms with van der Waals surface area (Å²) in [5.74, 6) is 0. The average Bonchev–Trinajstić information content (AvgIpc) is 2.12. The lowest BCUT2D eigenvalue weighted by Gasteiger charge is -1.92. The minimum Gasteiger partial charge on any atom is -0.360 e. The molecule has 56 valence electrons. The molecule has 0 bridgehead atoms. The maximum Gasteiger partial charge on any atom is 0.402 e. The van der Waals surface area contributed by atoms with Crippen LogP contribution >= 0.6 is 22.0 Å². The number of rotatable bonds is 2. The fourth-order valence-corrected chi connectivity index (χ4v) is 1.85. The van der Waals surface area contributed by atoms with E-state index in [1.165, 1.54) is 6.07 Å². The van der Waals surface area contributed by atoms with E-state index in [1.54, 1.807) is 11.4 Å². The van der Waals surface area contributed by atoms with Crippen molar-refractivity contribution < 1.29 is 12.6 Å². The van der Waals surface area contributed by atoms with Crippen LogP contribution in [0.5, 0.6) is 5.06 Å². The molecule has 10 heavy (non-hydrogen) atoms. The first-order chi connectivity index (χ1) is 4.58. The van der Waals surface area contributed by atoms with Crippen LogP contribution in [0.2, 0.25) is 0 Å². The molecule has 0 aliphatic heterocycles. The summed E-state index contributed by atoms with van der Waals surface area (Å²) in [6.07, 6.45) is 0. The Morgan fingerprint density at radius 2 is 2.30 bits per heavy atom. The van der Waals surface area contributed by atoms with Crippen LogP contribution in [-0.4, -0.2) is 8.42 Å². The normalized spacial score (nSPS) is 11.3. The van der Waals surface area contributed by atoms with Crippen molar-refractivity contribution >= 4 is 31.4 Å². The second-order valence-corrected chi connectivity index (χ2v) is 4.41. The Labute approximate surface area is 66.8 Å². The van der Waals surface area contributed by atoms with Crippen molar-refractivity contribution in [2.45, 2.75) is 0 Å². The van der Waals surface area contributed by atoms with Gasteiger partial charge in [0.15, 0.2) is 5.06 Å². The molecule has 0 aliphatic carbocycles. The van der Waals surface area contributed by atoms with Crippen LogP contribution in [0.4, 0.5) is 0 Å². The number of halogens is 1. The average molecular weight is 199 g/mol. The molecule has 0 saturated heterocycles. The molecule has 1 aromatic heterocycles. The zero-order valence-electron chi connectivity index (χ0n) is 4.65. The van der Waals surface area contributed by atoms with Crippen molar-refractivity contribution in [1.29, 1.82) is 0 Å². The van der Waals surface area contributed by atoms with E-state index in [0.29, 0.717) is 0 Å². The highest BCUT2D eigenvalue weighted by molar-refractivity contribution is 8.10. The van der Waals surface area contributed by atoms with E-state index in [9.17, 15) is 8.42 Å². The van der Waals surface area contributed by atoms with Crippen molar-refractivity contribution in [3.8, 4) is 5.06 Å². The van der Waals surface area contributed by atoms with Gasteiger partial charge in [0.2, 0.25) is 0 Å². The lowest BCUT2D eigenvalue weighted by Crippen LogP contribution is -1.97. The molecule has 0 radical (unpaired) electrons. The topological polar surface area (TPSA) is 43.4 Å². The largest absolute Gasteiger partial charge is 0.402 e. The lowest BCUT2D eigenvalue weighted by atomic mass is 10.7. The van der Waals surface area contributed by atoms with E-state index in [4.69, 9.17) is 10.7 Å². The van der Waals surface area contributed by atoms with E-state index in [1.807, 2.05) is 0 Å². The Balaban J connectivity index is 2.75. The summed E-state index contributed by atoms with van der Waals surface area (Å²) in [6, 6.07) is 3.19. The van der Waals surface area contributed by atoms with Gasteiger partial charge in [0, 0.05) is 0 Å². The molecule has 0 saturated carbocycles. The van der Waals surface area contributed by atoms with Crippen LogP contribution in [0.1, 0.15) is 0 Å². The molecule has 0 aliphatic rings. The third kappa shape index (κ3) is 2.55. The molecule has 1 aromatic rings. The highest BCUT2D eigenvalue weighted by Gasteiger charge is 2.06. The molecular weight excluding hydrogens is 196 g/mol. The molecule has 0 atom stereocenters. The van der Waals surface area contributed by atoms with Crippen molar-refractivity contribution in [2.24, 2.45) is 0 Å². The molecule has 0 amide bonds. The second kappa shape index (κ2) is 2.77. The summed E-state index contributed by atoms with van der Waals surface area (Å²) in [6.45, 7) is 0. The smallest absolute Gasteiger partial charge is 0.360 e. The maximum atomic E-state index is 10.2. The number of hydrogen-bond donors (Lipinski definition) is 0. The predicted octanol–water partition coefficient (Wildman–Crippen LogP) is 1.61. The molecule has 3 nitrogen and oxygen atoms in total. The fraction of sp³-hybridized carbons (Fsp3) is 0. The summed E-state index contributed by atoms with van der Waals surface area (Å²) in [5, 5.41) is 1.97. The number of hydrogen-bond acceptors (Lipinski definition) is 4. The minimum atomic E-state index is -3.86. The van der Waals surface area contributed by atoms with Gasteiger partial charge >= 0.3 is 9.33 Å². The third-order valence-corrected chi connectivity index (χ3v) is 2.09. The van der Waals surface area contributed by atoms with Crippen LogP contribution in [0.15, 0.2) is 17.5 Å². The lowest BCUT2D eigenvalue weighted by molar-refractivity contribution is 0.510. The standard InChI is InChI=1S/C4H3ClO3S2/c5-10(6,7)8-4-2-1-3-9-4/h1-3H. The summed E-state index contributed by atoms with van der Waals surface area (Å²) < 4.78 is 24.8. The monoisotopic (exact) mass is 198 g/mol. The van der Waals surface area contributed by atoms with Gasteiger partial charge in [0.05, 0.1) is 10.7 Å². The van der Waals surface area contributed by atoms with E-state index < -0.39 is 9.33 Å². The maximum absolute atomic E-state index is 10.2. The van der Waals surface area contributed by atoms with E-state index in [-0.39, 0.29) is 5.06 Å². The molecule has 0 aromatic carbocycles. The molecule has 1 rings (SSSR count). The zero-order valence-corrected chi connectivity index (χ0v) is 7.04. The van der Waals surface area contributed by atoms with E-state index >= 15 is 0 Å². The van der Waals surface area contributed by atoms with Gasteiger partial charge in [-0.3, -0.25) is 0 Å². The van der Waals surface area contributed by atoms with Crippen LogP contribution in [-0.2, 0) is 9.33 Å². The molecule has 0 unspecified atom stereocenters. The Bertz CT molecular complexity index is 288. The van der Waals surface area contributed by atoms with Gasteiger partial charge in [-0.25, -0.2) is 0 Å². The first-order valence-corrected chi connectivity index (χ1v) is 5.37. The first-order valence-electron chi connectivity index (χ1n) is 2.25. The highest BCUT2D eigenvalue weighted by atomic mass is 35.7. The van der Waals surface area contributed by atoms with Gasteiger partial charge in [-0.1, -0.05) is 0 Å². The van der Waals surface area contributed by atoms with Crippen LogP contribution in [0, 0.1) is 0 Å². The molecule has 6 heteroatoms. The van der Waals surface area contributed by atoms with Gasteiger partial charge < -0.3 is 4.18 Å². The van der Waals surface area contributed by atoms with Crippen molar-refractivity contribution in [2.75, 3.05) is 0 Å². The third-order valence-electron chi connectivity index (χ3n) is 0.677. The Hall–Kier alpha value is -0.260. The molecule has 0 N–H and O–H groups in total. The Morgan fingerprint density at radius 1 is 1.60 bits per heavy atom.